The first-order valence-corrected chi connectivity index (χ1v) is 16.4. The SMILES string of the molecule is CC(=O)O[C@@H]1[C@H](Oc2cc(C/C=C(\C)CC/C=C(\C)CC/C=C(\C)CCC=C(C)C)c(O)cc2C)OC[C@@H](OC(C)=O)[C@H]1OC(C)=O. The van der Waals surface area contributed by atoms with Gasteiger partial charge in [-0.15, -0.1) is 0 Å². The fourth-order valence-corrected chi connectivity index (χ4v) is 5.21. The molecule has 0 radical (unpaired) electrons. The van der Waals surface area contributed by atoms with Crippen LogP contribution in [0.5, 0.6) is 11.5 Å². The van der Waals surface area contributed by atoms with Crippen molar-refractivity contribution >= 4 is 17.9 Å². The molecule has 260 valence electrons. The number of aromatic hydroxyl groups is 1. The molecule has 0 bridgehead atoms. The number of aryl methyl sites for hydroxylation is 1. The van der Waals surface area contributed by atoms with Crippen LogP contribution in [0.25, 0.3) is 0 Å². The van der Waals surface area contributed by atoms with Crippen molar-refractivity contribution in [2.24, 2.45) is 0 Å². The van der Waals surface area contributed by atoms with Gasteiger partial charge in [-0.05, 0) is 104 Å². The van der Waals surface area contributed by atoms with Gasteiger partial charge in [0.25, 0.3) is 0 Å². The van der Waals surface area contributed by atoms with E-state index in [9.17, 15) is 19.5 Å². The number of allylic oxidation sites excluding steroid dienone is 8. The Morgan fingerprint density at radius 1 is 0.745 bits per heavy atom. The van der Waals surface area contributed by atoms with Crippen molar-refractivity contribution in [1.82, 2.24) is 0 Å². The van der Waals surface area contributed by atoms with Gasteiger partial charge >= 0.3 is 17.9 Å². The van der Waals surface area contributed by atoms with E-state index < -0.39 is 42.5 Å². The summed E-state index contributed by atoms with van der Waals surface area (Å²) in [4.78, 5) is 35.5. The minimum atomic E-state index is -1.21. The summed E-state index contributed by atoms with van der Waals surface area (Å²) in [6.07, 6.45) is 11.2. The lowest BCUT2D eigenvalue weighted by Crippen LogP contribution is -2.59. The zero-order chi connectivity index (χ0) is 35.1. The van der Waals surface area contributed by atoms with Crippen LogP contribution in [0.1, 0.15) is 105 Å². The third-order valence-corrected chi connectivity index (χ3v) is 7.75. The van der Waals surface area contributed by atoms with Crippen molar-refractivity contribution in [1.29, 1.82) is 0 Å². The van der Waals surface area contributed by atoms with Gasteiger partial charge in [0.05, 0.1) is 6.61 Å². The number of hydrogen-bond donors (Lipinski definition) is 1. The molecular weight excluding hydrogens is 600 g/mol. The second kappa shape index (κ2) is 19.7. The van der Waals surface area contributed by atoms with Crippen LogP contribution in [0.4, 0.5) is 0 Å². The maximum atomic E-state index is 12.0. The first-order valence-electron chi connectivity index (χ1n) is 16.4. The third-order valence-electron chi connectivity index (χ3n) is 7.75. The predicted molar refractivity (Wildman–Crippen MR) is 182 cm³/mol. The maximum Gasteiger partial charge on any atom is 0.303 e. The Bertz CT molecular complexity index is 1350. The molecule has 1 aromatic rings. The number of phenols is 1. The predicted octanol–water partition coefficient (Wildman–Crippen LogP) is 7.92. The van der Waals surface area contributed by atoms with Crippen molar-refractivity contribution in [2.75, 3.05) is 6.61 Å². The van der Waals surface area contributed by atoms with Gasteiger partial charge in [0.1, 0.15) is 11.5 Å². The van der Waals surface area contributed by atoms with Crippen LogP contribution in [0.15, 0.2) is 58.7 Å². The van der Waals surface area contributed by atoms with E-state index in [2.05, 4.69) is 58.9 Å². The minimum Gasteiger partial charge on any atom is -0.508 e. The highest BCUT2D eigenvalue weighted by Crippen LogP contribution is 2.32. The third kappa shape index (κ3) is 14.6. The highest BCUT2D eigenvalue weighted by Gasteiger charge is 2.48. The molecule has 0 aliphatic carbocycles. The summed E-state index contributed by atoms with van der Waals surface area (Å²) in [6, 6.07) is 3.33. The Labute approximate surface area is 280 Å². The van der Waals surface area contributed by atoms with Gasteiger partial charge in [0.2, 0.25) is 12.4 Å². The summed E-state index contributed by atoms with van der Waals surface area (Å²) < 4.78 is 28.1. The van der Waals surface area contributed by atoms with Gasteiger partial charge in [0, 0.05) is 26.3 Å². The molecule has 1 aromatic carbocycles. The van der Waals surface area contributed by atoms with Gasteiger partial charge in [0.15, 0.2) is 12.2 Å². The lowest BCUT2D eigenvalue weighted by molar-refractivity contribution is -0.259. The molecule has 47 heavy (non-hydrogen) atoms. The summed E-state index contributed by atoms with van der Waals surface area (Å²) >= 11 is 0. The number of carbonyl (C=O) groups is 3. The Balaban J connectivity index is 2.06. The van der Waals surface area contributed by atoms with E-state index in [1.54, 1.807) is 19.1 Å². The zero-order valence-electron chi connectivity index (χ0n) is 29.6. The molecule has 1 aliphatic heterocycles. The number of phenolic OH excluding ortho intramolecular Hbond substituents is 1. The first kappa shape index (κ1) is 39.3. The number of ether oxygens (including phenoxy) is 5. The standard InChI is InChI=1S/C38H54O9/c1-24(2)13-10-14-25(3)15-11-16-26(4)17-12-18-27(5)19-20-32-22-34(28(6)21-33(32)42)47-38-37(46-31(9)41)36(45-30(8)40)35(23-43-38)44-29(7)39/h13,15,17,19,21-22,35-38,42H,10-12,14,16,18,20,23H2,1-9H3/b25-15+,26-17+,27-19+/t35-,36-,37+,38+/m1/s1. The molecule has 1 heterocycles. The van der Waals surface area contributed by atoms with Gasteiger partial charge in [-0.25, -0.2) is 0 Å². The van der Waals surface area contributed by atoms with E-state index in [-0.39, 0.29) is 12.4 Å². The van der Waals surface area contributed by atoms with Gasteiger partial charge in [-0.2, -0.15) is 0 Å². The molecule has 4 atom stereocenters. The lowest BCUT2D eigenvalue weighted by Gasteiger charge is -2.40. The summed E-state index contributed by atoms with van der Waals surface area (Å²) in [5, 5.41) is 10.7. The zero-order valence-corrected chi connectivity index (χ0v) is 29.6. The quantitative estimate of drug-likeness (QED) is 0.108. The van der Waals surface area contributed by atoms with Crippen LogP contribution in [0.3, 0.4) is 0 Å². The molecule has 1 fully saturated rings. The van der Waals surface area contributed by atoms with Crippen molar-refractivity contribution < 1.29 is 43.2 Å². The molecule has 0 saturated carbocycles. The van der Waals surface area contributed by atoms with Gasteiger partial charge < -0.3 is 28.8 Å². The second-order valence-corrected chi connectivity index (χ2v) is 12.6. The molecule has 9 nitrogen and oxygen atoms in total. The van der Waals surface area contributed by atoms with Crippen LogP contribution in [-0.4, -0.2) is 54.2 Å². The monoisotopic (exact) mass is 654 g/mol. The number of benzene rings is 1. The molecule has 2 rings (SSSR count). The topological polar surface area (TPSA) is 118 Å². The van der Waals surface area contributed by atoms with E-state index in [1.807, 2.05) is 0 Å². The molecule has 0 unspecified atom stereocenters. The van der Waals surface area contributed by atoms with Crippen molar-refractivity contribution in [3.63, 3.8) is 0 Å². The maximum absolute atomic E-state index is 12.0. The molecule has 1 saturated heterocycles. The van der Waals surface area contributed by atoms with Crippen LogP contribution in [0, 0.1) is 6.92 Å². The highest BCUT2D eigenvalue weighted by atomic mass is 16.7. The van der Waals surface area contributed by atoms with Crippen molar-refractivity contribution in [3.05, 3.63) is 69.9 Å². The Hall–Kier alpha value is -3.85. The van der Waals surface area contributed by atoms with E-state index in [1.165, 1.54) is 43.1 Å². The first-order chi connectivity index (χ1) is 22.2. The molecule has 0 aromatic heterocycles. The van der Waals surface area contributed by atoms with Crippen LogP contribution >= 0.6 is 0 Å². The summed E-state index contributed by atoms with van der Waals surface area (Å²) in [5.74, 6) is -1.37. The van der Waals surface area contributed by atoms with Crippen LogP contribution in [0.2, 0.25) is 0 Å². The number of hydrogen-bond acceptors (Lipinski definition) is 9. The molecule has 1 aliphatic rings. The minimum absolute atomic E-state index is 0.132. The normalized spacial score (nSPS) is 20.3. The lowest BCUT2D eigenvalue weighted by atomic mass is 10.0. The molecule has 0 amide bonds. The van der Waals surface area contributed by atoms with E-state index in [0.717, 1.165) is 38.5 Å². The Kier molecular flexibility index (Phi) is 16.5. The fraction of sp³-hybridized carbons (Fsp3) is 0.553. The number of esters is 3. The van der Waals surface area contributed by atoms with Crippen LogP contribution in [-0.2, 0) is 39.8 Å². The second-order valence-electron chi connectivity index (χ2n) is 12.6. The van der Waals surface area contributed by atoms with Crippen LogP contribution < -0.4 is 4.74 Å². The molecule has 1 N–H and O–H groups in total. The highest BCUT2D eigenvalue weighted by molar-refractivity contribution is 5.68. The number of carbonyl (C=O) groups excluding carboxylic acids is 3. The Morgan fingerprint density at radius 3 is 1.79 bits per heavy atom. The van der Waals surface area contributed by atoms with Gasteiger partial charge in [-0.3, -0.25) is 14.4 Å². The molecule has 0 spiro atoms. The summed E-state index contributed by atoms with van der Waals surface area (Å²) in [7, 11) is 0. The molecular formula is C38H54O9. The average molecular weight is 655 g/mol. The van der Waals surface area contributed by atoms with E-state index in [0.29, 0.717) is 23.3 Å². The number of rotatable bonds is 16. The van der Waals surface area contributed by atoms with Crippen molar-refractivity contribution in [2.45, 2.75) is 132 Å². The van der Waals surface area contributed by atoms with Crippen molar-refractivity contribution in [3.8, 4) is 11.5 Å². The summed E-state index contributed by atoms with van der Waals surface area (Å²) in [5.41, 5.74) is 6.68. The Morgan fingerprint density at radius 2 is 1.26 bits per heavy atom. The molecule has 9 heteroatoms. The van der Waals surface area contributed by atoms with E-state index in [4.69, 9.17) is 23.7 Å². The fourth-order valence-electron chi connectivity index (χ4n) is 5.21. The van der Waals surface area contributed by atoms with Gasteiger partial charge in [-0.1, -0.05) is 46.6 Å². The largest absolute Gasteiger partial charge is 0.508 e. The summed E-state index contributed by atoms with van der Waals surface area (Å²) in [6.45, 7) is 16.0. The van der Waals surface area contributed by atoms with E-state index >= 15 is 0 Å². The smallest absolute Gasteiger partial charge is 0.303 e. The average Bonchev–Trinajstić information content (AvgIpc) is 2.95.